The number of carbonyl (C=O) groups is 1. The van der Waals surface area contributed by atoms with Crippen molar-refractivity contribution in [2.45, 2.75) is 44.2 Å². The lowest BCUT2D eigenvalue weighted by atomic mass is 9.79. The molecule has 2 atom stereocenters. The summed E-state index contributed by atoms with van der Waals surface area (Å²) in [7, 11) is 3.29. The topological polar surface area (TPSA) is 56.1 Å². The van der Waals surface area contributed by atoms with Crippen LogP contribution in [0.4, 0.5) is 0 Å². The summed E-state index contributed by atoms with van der Waals surface area (Å²) in [5.74, 6) is 0.837. The second-order valence-corrected chi connectivity index (χ2v) is 4.96. The molecule has 100 valence electrons. The zero-order valence-corrected chi connectivity index (χ0v) is 11.3. The van der Waals surface area contributed by atoms with Gasteiger partial charge < -0.3 is 14.6 Å². The van der Waals surface area contributed by atoms with Crippen LogP contribution in [0.1, 0.15) is 37.5 Å². The van der Waals surface area contributed by atoms with Crippen LogP contribution in [-0.4, -0.2) is 35.2 Å². The van der Waals surface area contributed by atoms with Crippen LogP contribution >= 0.6 is 0 Å². The molecule has 0 saturated heterocycles. The normalized spacial score (nSPS) is 28.1. The fourth-order valence-electron chi connectivity index (χ4n) is 2.97. The maximum Gasteiger partial charge on any atom is 0.326 e. The maximum absolute atomic E-state index is 12.0. The number of carbonyl (C=O) groups excluding carboxylic acids is 1. The summed E-state index contributed by atoms with van der Waals surface area (Å²) in [5.41, 5.74) is -0.547. The van der Waals surface area contributed by atoms with Crippen LogP contribution in [0.25, 0.3) is 0 Å². The molecule has 1 aliphatic carbocycles. The van der Waals surface area contributed by atoms with E-state index in [0.717, 1.165) is 31.5 Å². The van der Waals surface area contributed by atoms with Gasteiger partial charge in [-0.05, 0) is 39.7 Å². The Kier molecular flexibility index (Phi) is 3.71. The molecule has 1 aromatic heterocycles. The lowest BCUT2D eigenvalue weighted by molar-refractivity contribution is -0.150. The maximum atomic E-state index is 12.0. The molecule has 5 nitrogen and oxygen atoms in total. The molecule has 0 bridgehead atoms. The van der Waals surface area contributed by atoms with Crippen LogP contribution in [0.2, 0.25) is 0 Å². The predicted octanol–water partition coefficient (Wildman–Crippen LogP) is 1.44. The van der Waals surface area contributed by atoms with Crippen molar-refractivity contribution < 1.29 is 9.53 Å². The molecular formula is C13H21N3O2. The minimum atomic E-state index is -0.547. The van der Waals surface area contributed by atoms with Crippen molar-refractivity contribution in [2.24, 2.45) is 0 Å². The van der Waals surface area contributed by atoms with E-state index >= 15 is 0 Å². The minimum absolute atomic E-state index is 0.160. The molecule has 1 aliphatic rings. The highest BCUT2D eigenvalue weighted by molar-refractivity contribution is 5.80. The highest BCUT2D eigenvalue weighted by Gasteiger charge is 2.43. The van der Waals surface area contributed by atoms with Gasteiger partial charge in [-0.25, -0.2) is 4.98 Å². The summed E-state index contributed by atoms with van der Waals surface area (Å²) in [6.45, 7) is 1.99. The molecule has 0 aromatic carbocycles. The van der Waals surface area contributed by atoms with Gasteiger partial charge in [-0.15, -0.1) is 0 Å². The SMILES string of the molecule is CNC1(C(=O)OC)CCCC(n2ccnc2C)C1. The van der Waals surface area contributed by atoms with Crippen LogP contribution in [0, 0.1) is 6.92 Å². The van der Waals surface area contributed by atoms with Crippen LogP contribution in [0.5, 0.6) is 0 Å². The largest absolute Gasteiger partial charge is 0.468 e. The Bertz CT molecular complexity index is 430. The average Bonchev–Trinajstić information content (AvgIpc) is 2.84. The average molecular weight is 251 g/mol. The highest BCUT2D eigenvalue weighted by Crippen LogP contribution is 2.36. The fraction of sp³-hybridized carbons (Fsp3) is 0.692. The Labute approximate surface area is 108 Å². The lowest BCUT2D eigenvalue weighted by Gasteiger charge is -2.39. The molecule has 5 heteroatoms. The van der Waals surface area contributed by atoms with Gasteiger partial charge in [-0.1, -0.05) is 0 Å². The van der Waals surface area contributed by atoms with Gasteiger partial charge in [0, 0.05) is 18.4 Å². The third kappa shape index (κ3) is 2.14. The first-order valence-electron chi connectivity index (χ1n) is 6.40. The van der Waals surface area contributed by atoms with E-state index in [0.29, 0.717) is 6.04 Å². The number of rotatable bonds is 3. The number of hydrogen-bond acceptors (Lipinski definition) is 4. The van der Waals surface area contributed by atoms with E-state index in [1.807, 2.05) is 26.4 Å². The van der Waals surface area contributed by atoms with Crippen molar-refractivity contribution in [3.05, 3.63) is 18.2 Å². The molecule has 2 unspecified atom stereocenters. The third-order valence-electron chi connectivity index (χ3n) is 4.04. The van der Waals surface area contributed by atoms with Gasteiger partial charge in [0.1, 0.15) is 11.4 Å². The van der Waals surface area contributed by atoms with Gasteiger partial charge in [-0.2, -0.15) is 0 Å². The molecule has 1 heterocycles. The number of imidazole rings is 1. The summed E-state index contributed by atoms with van der Waals surface area (Å²) in [4.78, 5) is 16.3. The standard InChI is InChI=1S/C13H21N3O2/c1-10-15-7-8-16(10)11-5-4-6-13(9-11,14-2)12(17)18-3/h7-8,11,14H,4-6,9H2,1-3H3. The molecule has 1 N–H and O–H groups in total. The first-order chi connectivity index (χ1) is 8.63. The summed E-state index contributed by atoms with van der Waals surface area (Å²) >= 11 is 0. The minimum Gasteiger partial charge on any atom is -0.468 e. The second-order valence-electron chi connectivity index (χ2n) is 4.96. The van der Waals surface area contributed by atoms with Crippen molar-refractivity contribution in [1.82, 2.24) is 14.9 Å². The highest BCUT2D eigenvalue weighted by atomic mass is 16.5. The van der Waals surface area contributed by atoms with Crippen molar-refractivity contribution in [3.8, 4) is 0 Å². The number of ether oxygens (including phenoxy) is 1. The summed E-state index contributed by atoms with van der Waals surface area (Å²) in [5, 5.41) is 3.17. The Morgan fingerprint density at radius 2 is 2.44 bits per heavy atom. The molecule has 0 radical (unpaired) electrons. The van der Waals surface area contributed by atoms with E-state index in [2.05, 4.69) is 14.9 Å². The van der Waals surface area contributed by atoms with Crippen molar-refractivity contribution in [1.29, 1.82) is 0 Å². The first-order valence-corrected chi connectivity index (χ1v) is 6.40. The summed E-state index contributed by atoms with van der Waals surface area (Å²) < 4.78 is 7.11. The van der Waals surface area contributed by atoms with Gasteiger partial charge in [0.15, 0.2) is 0 Å². The van der Waals surface area contributed by atoms with E-state index < -0.39 is 5.54 Å². The van der Waals surface area contributed by atoms with Gasteiger partial charge in [0.25, 0.3) is 0 Å². The third-order valence-corrected chi connectivity index (χ3v) is 4.04. The molecule has 0 amide bonds. The zero-order chi connectivity index (χ0) is 13.2. The van der Waals surface area contributed by atoms with E-state index in [-0.39, 0.29) is 5.97 Å². The lowest BCUT2D eigenvalue weighted by Crippen LogP contribution is -2.54. The smallest absolute Gasteiger partial charge is 0.326 e. The Morgan fingerprint density at radius 1 is 1.67 bits per heavy atom. The van der Waals surface area contributed by atoms with Crippen molar-refractivity contribution >= 4 is 5.97 Å². The summed E-state index contributed by atoms with van der Waals surface area (Å²) in [6, 6.07) is 0.313. The van der Waals surface area contributed by atoms with Crippen LogP contribution < -0.4 is 5.32 Å². The van der Waals surface area contributed by atoms with Gasteiger partial charge >= 0.3 is 5.97 Å². The Balaban J connectivity index is 2.22. The van der Waals surface area contributed by atoms with Crippen LogP contribution in [-0.2, 0) is 9.53 Å². The van der Waals surface area contributed by atoms with Crippen LogP contribution in [0.15, 0.2) is 12.4 Å². The monoisotopic (exact) mass is 251 g/mol. The predicted molar refractivity (Wildman–Crippen MR) is 68.3 cm³/mol. The number of likely N-dealkylation sites (N-methyl/N-ethyl adjacent to an activating group) is 1. The molecular weight excluding hydrogens is 230 g/mol. The molecule has 2 rings (SSSR count). The number of aryl methyl sites for hydroxylation is 1. The number of esters is 1. The van der Waals surface area contributed by atoms with Crippen molar-refractivity contribution in [3.63, 3.8) is 0 Å². The Morgan fingerprint density at radius 3 is 3.00 bits per heavy atom. The van der Waals surface area contributed by atoms with Gasteiger partial charge in [-0.3, -0.25) is 4.79 Å². The number of hydrogen-bond donors (Lipinski definition) is 1. The van der Waals surface area contributed by atoms with E-state index in [1.54, 1.807) is 0 Å². The fourth-order valence-corrected chi connectivity index (χ4v) is 2.97. The zero-order valence-electron chi connectivity index (χ0n) is 11.3. The van der Waals surface area contributed by atoms with Gasteiger partial charge in [0.05, 0.1) is 7.11 Å². The summed E-state index contributed by atoms with van der Waals surface area (Å²) in [6.07, 6.45) is 7.48. The number of aromatic nitrogens is 2. The number of nitrogens with zero attached hydrogens (tertiary/aromatic N) is 2. The van der Waals surface area contributed by atoms with E-state index in [9.17, 15) is 4.79 Å². The first kappa shape index (κ1) is 13.1. The van der Waals surface area contributed by atoms with E-state index in [4.69, 9.17) is 4.74 Å². The van der Waals surface area contributed by atoms with E-state index in [1.165, 1.54) is 7.11 Å². The van der Waals surface area contributed by atoms with Crippen LogP contribution in [0.3, 0.4) is 0 Å². The quantitative estimate of drug-likeness (QED) is 0.826. The molecule has 0 aliphatic heterocycles. The molecule has 0 spiro atoms. The molecule has 1 saturated carbocycles. The molecule has 18 heavy (non-hydrogen) atoms. The Hall–Kier alpha value is -1.36. The number of methoxy groups -OCH3 is 1. The molecule has 1 aromatic rings. The number of nitrogens with one attached hydrogen (secondary N) is 1. The second kappa shape index (κ2) is 5.10. The van der Waals surface area contributed by atoms with Gasteiger partial charge in [0.2, 0.25) is 0 Å². The molecule has 1 fully saturated rings. The van der Waals surface area contributed by atoms with Crippen molar-refractivity contribution in [2.75, 3.05) is 14.2 Å².